The lowest BCUT2D eigenvalue weighted by molar-refractivity contribution is -0.274. The number of halogens is 6. The van der Waals surface area contributed by atoms with E-state index in [9.17, 15) is 39.6 Å². The summed E-state index contributed by atoms with van der Waals surface area (Å²) in [6, 6.07) is 4.53. The number of sulfone groups is 1. The van der Waals surface area contributed by atoms with Crippen LogP contribution in [0.4, 0.5) is 32.3 Å². The molecule has 0 fully saturated rings. The van der Waals surface area contributed by atoms with Crippen LogP contribution in [0.3, 0.4) is 0 Å². The zero-order valence-electron chi connectivity index (χ0n) is 16.6. The standard InChI is InChI=1S/C17H18F6N4O4S/c1-15(2,32(29,30)9-3-8-16(18,19)20)13(28)25-14-24-12(26-27-14)10-4-6-11(7-5-10)31-17(21,22)23/h4-7H,3,8-9H2,1-2H3,(H2,24,25,26,27,28). The lowest BCUT2D eigenvalue weighted by Crippen LogP contribution is -2.46. The second-order valence-electron chi connectivity index (χ2n) is 7.08. The van der Waals surface area contributed by atoms with Gasteiger partial charge in [0.25, 0.3) is 0 Å². The number of carbonyl (C=O) groups is 1. The molecule has 2 aromatic rings. The molecule has 0 saturated heterocycles. The quantitative estimate of drug-likeness (QED) is 0.546. The van der Waals surface area contributed by atoms with Gasteiger partial charge in [0.15, 0.2) is 15.7 Å². The molecule has 0 bridgehead atoms. The topological polar surface area (TPSA) is 114 Å². The van der Waals surface area contributed by atoms with Gasteiger partial charge in [-0.1, -0.05) is 0 Å². The fourth-order valence-corrected chi connectivity index (χ4v) is 3.74. The van der Waals surface area contributed by atoms with Crippen molar-refractivity contribution in [2.24, 2.45) is 0 Å². The Morgan fingerprint density at radius 1 is 1.09 bits per heavy atom. The number of alkyl halides is 6. The summed E-state index contributed by atoms with van der Waals surface area (Å²) < 4.78 is 99.8. The minimum Gasteiger partial charge on any atom is -0.406 e. The predicted molar refractivity (Wildman–Crippen MR) is 100 cm³/mol. The highest BCUT2D eigenvalue weighted by atomic mass is 32.2. The molecule has 0 atom stereocenters. The molecule has 0 aliphatic carbocycles. The van der Waals surface area contributed by atoms with E-state index in [4.69, 9.17) is 0 Å². The van der Waals surface area contributed by atoms with Crippen LogP contribution in [-0.2, 0) is 14.6 Å². The van der Waals surface area contributed by atoms with Crippen LogP contribution in [0.15, 0.2) is 24.3 Å². The van der Waals surface area contributed by atoms with Gasteiger partial charge in [0.2, 0.25) is 11.9 Å². The molecule has 32 heavy (non-hydrogen) atoms. The number of carbonyl (C=O) groups excluding carboxylic acids is 1. The van der Waals surface area contributed by atoms with E-state index in [1.807, 2.05) is 0 Å². The van der Waals surface area contributed by atoms with Crippen molar-refractivity contribution in [3.8, 4) is 17.1 Å². The monoisotopic (exact) mass is 488 g/mol. The van der Waals surface area contributed by atoms with Gasteiger partial charge in [-0.25, -0.2) is 8.42 Å². The Morgan fingerprint density at radius 2 is 1.69 bits per heavy atom. The molecule has 0 aliphatic heterocycles. The number of nitrogens with one attached hydrogen (secondary N) is 2. The van der Waals surface area contributed by atoms with Crippen LogP contribution in [0.5, 0.6) is 5.75 Å². The van der Waals surface area contributed by atoms with Crippen molar-refractivity contribution in [1.29, 1.82) is 0 Å². The van der Waals surface area contributed by atoms with Crippen molar-refractivity contribution in [3.63, 3.8) is 0 Å². The third-order valence-corrected chi connectivity index (χ3v) is 6.84. The van der Waals surface area contributed by atoms with E-state index >= 15 is 0 Å². The first kappa shape index (κ1) is 25.4. The third-order valence-electron chi connectivity index (χ3n) is 4.27. The van der Waals surface area contributed by atoms with Gasteiger partial charge in [-0.05, 0) is 44.5 Å². The fraction of sp³-hybridized carbons (Fsp3) is 0.471. The van der Waals surface area contributed by atoms with Gasteiger partial charge in [0, 0.05) is 12.0 Å². The van der Waals surface area contributed by atoms with Crippen LogP contribution in [0.25, 0.3) is 11.4 Å². The molecule has 178 valence electrons. The summed E-state index contributed by atoms with van der Waals surface area (Å²) in [7, 11) is -4.25. The fourth-order valence-electron chi connectivity index (χ4n) is 2.37. The van der Waals surface area contributed by atoms with E-state index in [1.54, 1.807) is 0 Å². The number of aromatic amines is 1. The first-order valence-corrected chi connectivity index (χ1v) is 10.5. The van der Waals surface area contributed by atoms with Crippen molar-refractivity contribution < 1.29 is 44.3 Å². The molecule has 2 rings (SSSR count). The zero-order chi connectivity index (χ0) is 24.4. The normalized spacial score (nSPS) is 13.1. The van der Waals surface area contributed by atoms with Crippen molar-refractivity contribution in [3.05, 3.63) is 24.3 Å². The van der Waals surface area contributed by atoms with Gasteiger partial charge in [-0.3, -0.25) is 15.2 Å². The largest absolute Gasteiger partial charge is 0.573 e. The highest BCUT2D eigenvalue weighted by Crippen LogP contribution is 2.27. The Bertz CT molecular complexity index is 1050. The highest BCUT2D eigenvalue weighted by Gasteiger charge is 2.42. The molecule has 0 saturated carbocycles. The van der Waals surface area contributed by atoms with Gasteiger partial charge in [0.1, 0.15) is 10.5 Å². The van der Waals surface area contributed by atoms with Crippen molar-refractivity contribution >= 4 is 21.7 Å². The number of anilines is 1. The van der Waals surface area contributed by atoms with Gasteiger partial charge >= 0.3 is 12.5 Å². The summed E-state index contributed by atoms with van der Waals surface area (Å²) in [5.41, 5.74) is 0.284. The minimum atomic E-state index is -4.86. The number of rotatable bonds is 8. The molecule has 0 spiro atoms. The summed E-state index contributed by atoms with van der Waals surface area (Å²) in [5, 5.41) is 8.26. The summed E-state index contributed by atoms with van der Waals surface area (Å²) >= 11 is 0. The predicted octanol–water partition coefficient (Wildman–Crippen LogP) is 3.84. The van der Waals surface area contributed by atoms with E-state index in [2.05, 4.69) is 25.2 Å². The molecule has 1 amide bonds. The Kier molecular flexibility index (Phi) is 7.11. The van der Waals surface area contributed by atoms with Gasteiger partial charge in [0.05, 0.1) is 5.75 Å². The second-order valence-corrected chi connectivity index (χ2v) is 9.74. The van der Waals surface area contributed by atoms with Crippen LogP contribution in [-0.4, -0.2) is 52.5 Å². The first-order chi connectivity index (χ1) is 14.5. The van der Waals surface area contributed by atoms with E-state index in [1.165, 1.54) is 12.1 Å². The van der Waals surface area contributed by atoms with Gasteiger partial charge in [-0.15, -0.1) is 18.3 Å². The highest BCUT2D eigenvalue weighted by molar-refractivity contribution is 7.93. The molecular weight excluding hydrogens is 470 g/mol. The molecule has 0 radical (unpaired) electrons. The van der Waals surface area contributed by atoms with Gasteiger partial charge in [-0.2, -0.15) is 18.2 Å². The SMILES string of the molecule is CC(C)(C(=O)Nc1n[nH]c(-c2ccc(OC(F)(F)F)cc2)n1)S(=O)(=O)CCCC(F)(F)F. The summed E-state index contributed by atoms with van der Waals surface area (Å²) in [6.45, 7) is 2.08. The summed E-state index contributed by atoms with van der Waals surface area (Å²) in [4.78, 5) is 16.3. The number of hydrogen-bond acceptors (Lipinski definition) is 6. The maximum atomic E-state index is 12.4. The van der Waals surface area contributed by atoms with Crippen LogP contribution in [0.2, 0.25) is 0 Å². The summed E-state index contributed by atoms with van der Waals surface area (Å²) in [5.74, 6) is -2.67. The van der Waals surface area contributed by atoms with Crippen molar-refractivity contribution in [1.82, 2.24) is 15.2 Å². The molecule has 1 heterocycles. The minimum absolute atomic E-state index is 0.0460. The average Bonchev–Trinajstić information content (AvgIpc) is 3.08. The van der Waals surface area contributed by atoms with E-state index in [-0.39, 0.29) is 17.3 Å². The Balaban J connectivity index is 2.06. The lowest BCUT2D eigenvalue weighted by Gasteiger charge is -2.23. The number of nitrogens with zero attached hydrogens (tertiary/aromatic N) is 2. The van der Waals surface area contributed by atoms with E-state index < -0.39 is 57.4 Å². The zero-order valence-corrected chi connectivity index (χ0v) is 17.5. The van der Waals surface area contributed by atoms with Gasteiger partial charge < -0.3 is 4.74 Å². The second kappa shape index (κ2) is 8.96. The Labute approximate surface area is 178 Å². The average molecular weight is 488 g/mol. The van der Waals surface area contributed by atoms with Crippen LogP contribution >= 0.6 is 0 Å². The number of aromatic nitrogens is 3. The Hall–Kier alpha value is -2.84. The van der Waals surface area contributed by atoms with E-state index in [0.717, 1.165) is 26.0 Å². The number of hydrogen-bond donors (Lipinski definition) is 2. The first-order valence-electron chi connectivity index (χ1n) is 8.89. The number of amides is 1. The third kappa shape index (κ3) is 6.83. The van der Waals surface area contributed by atoms with Crippen molar-refractivity contribution in [2.45, 2.75) is 44.0 Å². The molecule has 2 N–H and O–H groups in total. The smallest absolute Gasteiger partial charge is 0.406 e. The molecule has 15 heteroatoms. The maximum Gasteiger partial charge on any atom is 0.573 e. The van der Waals surface area contributed by atoms with Crippen LogP contribution < -0.4 is 10.1 Å². The molecule has 0 aliphatic rings. The molecule has 1 aromatic heterocycles. The van der Waals surface area contributed by atoms with Crippen LogP contribution in [0.1, 0.15) is 26.7 Å². The maximum absolute atomic E-state index is 12.4. The molecule has 1 aromatic carbocycles. The molecule has 0 unspecified atom stereocenters. The lowest BCUT2D eigenvalue weighted by atomic mass is 10.2. The van der Waals surface area contributed by atoms with Crippen LogP contribution in [0, 0.1) is 0 Å². The van der Waals surface area contributed by atoms with E-state index in [0.29, 0.717) is 0 Å². The summed E-state index contributed by atoms with van der Waals surface area (Å²) in [6.07, 6.45) is -11.4. The molecular formula is C17H18F6N4O4S. The van der Waals surface area contributed by atoms with Crippen molar-refractivity contribution in [2.75, 3.05) is 11.1 Å². The number of ether oxygens (including phenoxy) is 1. The number of benzene rings is 1. The Morgan fingerprint density at radius 3 is 2.22 bits per heavy atom. The molecule has 8 nitrogen and oxygen atoms in total. The number of H-pyrrole nitrogens is 1.